The van der Waals surface area contributed by atoms with Crippen LogP contribution in [0, 0.1) is 16.7 Å². The van der Waals surface area contributed by atoms with Crippen LogP contribution in [0.1, 0.15) is 28.4 Å². The number of ether oxygens (including phenoxy) is 2. The Bertz CT molecular complexity index is 1470. The van der Waals surface area contributed by atoms with E-state index in [4.69, 9.17) is 20.1 Å². The van der Waals surface area contributed by atoms with Crippen molar-refractivity contribution < 1.29 is 34.1 Å². The number of rotatable bonds is 8. The Kier molecular flexibility index (Phi) is 7.74. The third-order valence-corrected chi connectivity index (χ3v) is 5.25. The van der Waals surface area contributed by atoms with Gasteiger partial charge in [-0.05, 0) is 42.5 Å². The van der Waals surface area contributed by atoms with Crippen molar-refractivity contribution in [2.24, 2.45) is 0 Å². The van der Waals surface area contributed by atoms with Gasteiger partial charge in [-0.2, -0.15) is 5.26 Å². The van der Waals surface area contributed by atoms with E-state index < -0.39 is 23.3 Å². The molecule has 0 heterocycles. The molecule has 3 aromatic rings. The van der Waals surface area contributed by atoms with E-state index >= 15 is 0 Å². The van der Waals surface area contributed by atoms with E-state index in [1.165, 1.54) is 45.4 Å². The van der Waals surface area contributed by atoms with Gasteiger partial charge in [0.25, 0.3) is 5.91 Å². The summed E-state index contributed by atoms with van der Waals surface area (Å²) in [5, 5.41) is 42.4. The van der Waals surface area contributed by atoms with Crippen LogP contribution >= 0.6 is 0 Å². The topological polar surface area (TPSA) is 182 Å². The molecule has 0 fully saturated rings. The van der Waals surface area contributed by atoms with Crippen molar-refractivity contribution in [2.45, 2.75) is 6.92 Å². The lowest BCUT2D eigenvalue weighted by atomic mass is 9.97. The molecule has 3 aromatic carbocycles. The predicted octanol–water partition coefficient (Wildman–Crippen LogP) is 3.61. The number of hydrogen-bond acceptors (Lipinski definition) is 8. The summed E-state index contributed by atoms with van der Waals surface area (Å²) in [6.45, 7) is 1.35. The molecule has 11 heteroatoms. The van der Waals surface area contributed by atoms with E-state index in [-0.39, 0.29) is 34.0 Å². The lowest BCUT2D eigenvalue weighted by Gasteiger charge is -2.17. The summed E-state index contributed by atoms with van der Waals surface area (Å²) in [7, 11) is 2.82. The highest BCUT2D eigenvalue weighted by Gasteiger charge is 2.23. The summed E-state index contributed by atoms with van der Waals surface area (Å²) in [6, 6.07) is 12.9. The number of aromatic carboxylic acids is 1. The van der Waals surface area contributed by atoms with Gasteiger partial charge in [0.05, 0.1) is 37.1 Å². The molecule has 37 heavy (non-hydrogen) atoms. The number of amides is 2. The van der Waals surface area contributed by atoms with Crippen LogP contribution in [0.15, 0.2) is 48.5 Å². The summed E-state index contributed by atoms with van der Waals surface area (Å²) in [5.74, 6) is -2.51. The van der Waals surface area contributed by atoms with Crippen molar-refractivity contribution in [3.05, 3.63) is 65.2 Å². The van der Waals surface area contributed by atoms with Gasteiger partial charge in [0.15, 0.2) is 0 Å². The summed E-state index contributed by atoms with van der Waals surface area (Å²) in [6.07, 6.45) is 0. The molecule has 0 spiro atoms. The number of phenols is 1. The van der Waals surface area contributed by atoms with Crippen molar-refractivity contribution in [3.63, 3.8) is 0 Å². The number of nitrogens with zero attached hydrogens (tertiary/aromatic N) is 1. The third kappa shape index (κ3) is 5.66. The van der Waals surface area contributed by atoms with Gasteiger partial charge >= 0.3 is 5.97 Å². The van der Waals surface area contributed by atoms with Crippen molar-refractivity contribution in [1.82, 2.24) is 0 Å². The lowest BCUT2D eigenvalue weighted by molar-refractivity contribution is -0.114. The van der Waals surface area contributed by atoms with Crippen LogP contribution in [0.5, 0.6) is 17.2 Å². The zero-order valence-corrected chi connectivity index (χ0v) is 20.0. The second-order valence-corrected chi connectivity index (χ2v) is 7.67. The number of hydrogen-bond donors (Lipinski definition) is 5. The maximum Gasteiger partial charge on any atom is 0.337 e. The van der Waals surface area contributed by atoms with Crippen molar-refractivity contribution >= 4 is 34.9 Å². The summed E-state index contributed by atoms with van der Waals surface area (Å²) >= 11 is 0. The van der Waals surface area contributed by atoms with Crippen LogP contribution in [0.25, 0.3) is 11.1 Å². The van der Waals surface area contributed by atoms with Crippen LogP contribution < -0.4 is 20.1 Å². The Labute approximate surface area is 211 Å². The first-order valence-corrected chi connectivity index (χ1v) is 10.6. The van der Waals surface area contributed by atoms with Crippen molar-refractivity contribution in [1.29, 1.82) is 10.7 Å². The SMILES string of the molecule is COc1ccc(NC(C)=O)cc1-c1cc(C(=N)C(=O)Nc2ccc(C#N)cc2C(=O)O)c(O)cc1OC. The number of anilines is 2. The first-order valence-electron chi connectivity index (χ1n) is 10.6. The molecule has 0 aromatic heterocycles. The molecule has 11 nitrogen and oxygen atoms in total. The van der Waals surface area contributed by atoms with E-state index in [1.807, 2.05) is 6.07 Å². The number of aromatic hydroxyl groups is 1. The van der Waals surface area contributed by atoms with Gasteiger partial charge in [-0.3, -0.25) is 15.0 Å². The fourth-order valence-corrected chi connectivity index (χ4v) is 3.56. The van der Waals surface area contributed by atoms with Crippen LogP contribution in [0.3, 0.4) is 0 Å². The zero-order valence-electron chi connectivity index (χ0n) is 20.0. The van der Waals surface area contributed by atoms with Gasteiger partial charge in [0, 0.05) is 35.4 Å². The van der Waals surface area contributed by atoms with Crippen LogP contribution in [0.2, 0.25) is 0 Å². The van der Waals surface area contributed by atoms with Gasteiger partial charge in [0.2, 0.25) is 5.91 Å². The monoisotopic (exact) mass is 502 g/mol. The second-order valence-electron chi connectivity index (χ2n) is 7.67. The van der Waals surface area contributed by atoms with Gasteiger partial charge < -0.3 is 30.3 Å². The molecule has 188 valence electrons. The highest BCUT2D eigenvalue weighted by molar-refractivity contribution is 6.48. The van der Waals surface area contributed by atoms with Crippen molar-refractivity contribution in [3.8, 4) is 34.4 Å². The van der Waals surface area contributed by atoms with E-state index in [9.17, 15) is 24.6 Å². The first-order chi connectivity index (χ1) is 17.6. The summed E-state index contributed by atoms with van der Waals surface area (Å²) in [5.41, 5.74) is 0.0263. The number of nitrogens with one attached hydrogen (secondary N) is 3. The Hall–Kier alpha value is -5.37. The first kappa shape index (κ1) is 26.2. The molecule has 0 radical (unpaired) electrons. The third-order valence-electron chi connectivity index (χ3n) is 5.25. The minimum atomic E-state index is -1.38. The molecule has 0 unspecified atom stereocenters. The molecule has 0 aliphatic heterocycles. The maximum absolute atomic E-state index is 12.9. The number of carboxylic acids is 1. The van der Waals surface area contributed by atoms with Gasteiger partial charge in [-0.15, -0.1) is 0 Å². The molecule has 0 saturated heterocycles. The molecule has 0 atom stereocenters. The summed E-state index contributed by atoms with van der Waals surface area (Å²) < 4.78 is 10.8. The van der Waals surface area contributed by atoms with Gasteiger partial charge in [-0.1, -0.05) is 0 Å². The molecule has 0 saturated carbocycles. The highest BCUT2D eigenvalue weighted by atomic mass is 16.5. The quantitative estimate of drug-likeness (QED) is 0.289. The normalized spacial score (nSPS) is 10.1. The van der Waals surface area contributed by atoms with Gasteiger partial charge in [-0.25, -0.2) is 4.79 Å². The Balaban J connectivity index is 2.06. The number of carboxylic acid groups (broad SMARTS) is 1. The number of carbonyl (C=O) groups excluding carboxylic acids is 2. The fraction of sp³-hybridized carbons (Fsp3) is 0.115. The number of carbonyl (C=O) groups is 3. The minimum Gasteiger partial charge on any atom is -0.507 e. The Morgan fingerprint density at radius 1 is 0.919 bits per heavy atom. The number of benzene rings is 3. The largest absolute Gasteiger partial charge is 0.507 e. The average Bonchev–Trinajstić information content (AvgIpc) is 2.87. The molecular formula is C26H22N4O7. The summed E-state index contributed by atoms with van der Waals surface area (Å²) in [4.78, 5) is 36.0. The minimum absolute atomic E-state index is 0.0818. The van der Waals surface area contributed by atoms with Crippen LogP contribution in [-0.2, 0) is 9.59 Å². The maximum atomic E-state index is 12.9. The highest BCUT2D eigenvalue weighted by Crippen LogP contribution is 2.41. The van der Waals surface area contributed by atoms with Crippen LogP contribution in [0.4, 0.5) is 11.4 Å². The Morgan fingerprint density at radius 3 is 2.19 bits per heavy atom. The van der Waals surface area contributed by atoms with E-state index in [1.54, 1.807) is 18.2 Å². The molecule has 5 N–H and O–H groups in total. The van der Waals surface area contributed by atoms with Gasteiger partial charge in [0.1, 0.15) is 23.0 Å². The van der Waals surface area contributed by atoms with E-state index in [2.05, 4.69) is 10.6 Å². The van der Waals surface area contributed by atoms with Crippen molar-refractivity contribution in [2.75, 3.05) is 24.9 Å². The second kappa shape index (κ2) is 10.9. The lowest BCUT2D eigenvalue weighted by Crippen LogP contribution is -2.24. The van der Waals surface area contributed by atoms with E-state index in [0.717, 1.165) is 6.07 Å². The standard InChI is InChI=1S/C26H22N4O7/c1-13(31)29-15-5-7-22(36-2)16(9-15)17-10-19(21(32)11-23(17)37-3)24(28)25(33)30-20-6-4-14(12-27)8-18(20)26(34)35/h4-11,28,32H,1-3H3,(H,29,31)(H,30,33)(H,34,35). The molecule has 0 aliphatic carbocycles. The number of methoxy groups -OCH3 is 2. The zero-order chi connectivity index (χ0) is 27.3. The van der Waals surface area contributed by atoms with E-state index in [0.29, 0.717) is 22.6 Å². The van der Waals surface area contributed by atoms with Crippen LogP contribution in [-0.4, -0.2) is 47.9 Å². The molecule has 0 aliphatic rings. The fourth-order valence-electron chi connectivity index (χ4n) is 3.56. The molecule has 2 amide bonds. The average molecular weight is 502 g/mol. The Morgan fingerprint density at radius 2 is 1.59 bits per heavy atom. The predicted molar refractivity (Wildman–Crippen MR) is 135 cm³/mol. The smallest absolute Gasteiger partial charge is 0.337 e. The number of phenolic OH excluding ortho intramolecular Hbond substituents is 1. The molecule has 0 bridgehead atoms. The molecule has 3 rings (SSSR count). The molecular weight excluding hydrogens is 480 g/mol. The number of nitriles is 1.